The molecule has 11 heteroatoms. The standard InChI is InChI=1S/C15H22N6O4S/c1-4-21-8-5-12(17-21)15(22)20-9-11(10-20)14-16-13(18-25-14)6-7-19(2)26(3,23)24/h5,8,11H,4,6-7,9-10H2,1-3H3. The third-order valence-electron chi connectivity index (χ3n) is 4.40. The van der Waals surface area contributed by atoms with E-state index in [1.807, 2.05) is 6.92 Å². The topological polar surface area (TPSA) is 114 Å². The van der Waals surface area contributed by atoms with Gasteiger partial charge in [0.1, 0.15) is 5.69 Å². The smallest absolute Gasteiger partial charge is 0.274 e. The summed E-state index contributed by atoms with van der Waals surface area (Å²) < 4.78 is 31.0. The maximum atomic E-state index is 12.3. The zero-order chi connectivity index (χ0) is 18.9. The molecule has 0 saturated carbocycles. The number of likely N-dealkylation sites (N-methyl/N-ethyl adjacent to an activating group) is 1. The Morgan fingerprint density at radius 3 is 2.77 bits per heavy atom. The van der Waals surface area contributed by atoms with E-state index in [-0.39, 0.29) is 18.4 Å². The van der Waals surface area contributed by atoms with E-state index in [0.29, 0.717) is 36.9 Å². The Bertz CT molecular complexity index is 884. The Hall–Kier alpha value is -2.27. The van der Waals surface area contributed by atoms with Gasteiger partial charge in [0.05, 0.1) is 12.2 Å². The summed E-state index contributed by atoms with van der Waals surface area (Å²) in [6.45, 7) is 3.97. The van der Waals surface area contributed by atoms with Crippen molar-refractivity contribution in [1.82, 2.24) is 29.1 Å². The molecule has 26 heavy (non-hydrogen) atoms. The van der Waals surface area contributed by atoms with Gasteiger partial charge < -0.3 is 9.42 Å². The number of aryl methyl sites for hydroxylation is 1. The zero-order valence-corrected chi connectivity index (χ0v) is 15.8. The van der Waals surface area contributed by atoms with Gasteiger partial charge in [-0.2, -0.15) is 10.1 Å². The van der Waals surface area contributed by atoms with Crippen LogP contribution in [0.3, 0.4) is 0 Å². The number of carbonyl (C=O) groups excluding carboxylic acids is 1. The van der Waals surface area contributed by atoms with Crippen LogP contribution in [0.4, 0.5) is 0 Å². The number of hydrogen-bond donors (Lipinski definition) is 0. The Morgan fingerprint density at radius 1 is 1.42 bits per heavy atom. The first-order valence-corrected chi connectivity index (χ1v) is 10.2. The van der Waals surface area contributed by atoms with Crippen molar-refractivity contribution in [3.63, 3.8) is 0 Å². The number of amides is 1. The molecule has 0 unspecified atom stereocenters. The maximum absolute atomic E-state index is 12.3. The van der Waals surface area contributed by atoms with E-state index in [1.54, 1.807) is 21.8 Å². The molecule has 0 bridgehead atoms. The van der Waals surface area contributed by atoms with E-state index >= 15 is 0 Å². The molecule has 3 rings (SSSR count). The molecule has 1 aliphatic heterocycles. The molecule has 2 aromatic heterocycles. The van der Waals surface area contributed by atoms with Gasteiger partial charge in [-0.05, 0) is 13.0 Å². The van der Waals surface area contributed by atoms with Crippen LogP contribution < -0.4 is 0 Å². The first kappa shape index (κ1) is 18.5. The summed E-state index contributed by atoms with van der Waals surface area (Å²) in [6.07, 6.45) is 3.30. The molecule has 3 heterocycles. The van der Waals surface area contributed by atoms with Crippen molar-refractivity contribution in [2.45, 2.75) is 25.8 Å². The fraction of sp³-hybridized carbons (Fsp3) is 0.600. The van der Waals surface area contributed by atoms with Crippen LogP contribution in [0, 0.1) is 0 Å². The second-order valence-electron chi connectivity index (χ2n) is 6.35. The molecular formula is C15H22N6O4S. The molecule has 1 amide bonds. The van der Waals surface area contributed by atoms with Crippen LogP contribution in [0.25, 0.3) is 0 Å². The van der Waals surface area contributed by atoms with Crippen molar-refractivity contribution in [3.8, 4) is 0 Å². The number of carbonyl (C=O) groups is 1. The Labute approximate surface area is 151 Å². The average Bonchev–Trinajstić information content (AvgIpc) is 3.19. The predicted octanol–water partition coefficient (Wildman–Crippen LogP) is -0.0405. The first-order chi connectivity index (χ1) is 12.3. The van der Waals surface area contributed by atoms with Crippen LogP contribution in [0.15, 0.2) is 16.8 Å². The fourth-order valence-electron chi connectivity index (χ4n) is 2.57. The SMILES string of the molecule is CCn1ccc(C(=O)N2CC(c3nc(CCN(C)S(C)(=O)=O)no3)C2)n1. The normalized spacial score (nSPS) is 15.5. The van der Waals surface area contributed by atoms with Crippen molar-refractivity contribution < 1.29 is 17.7 Å². The lowest BCUT2D eigenvalue weighted by Crippen LogP contribution is -2.48. The molecule has 0 aliphatic carbocycles. The van der Waals surface area contributed by atoms with Gasteiger partial charge in [-0.3, -0.25) is 9.48 Å². The van der Waals surface area contributed by atoms with Gasteiger partial charge >= 0.3 is 0 Å². The number of likely N-dealkylation sites (tertiary alicyclic amines) is 1. The van der Waals surface area contributed by atoms with E-state index < -0.39 is 10.0 Å². The minimum Gasteiger partial charge on any atom is -0.339 e. The van der Waals surface area contributed by atoms with Crippen LogP contribution in [-0.2, 0) is 23.0 Å². The highest BCUT2D eigenvalue weighted by Gasteiger charge is 2.36. The Balaban J connectivity index is 1.52. The lowest BCUT2D eigenvalue weighted by Gasteiger charge is -2.36. The third-order valence-corrected chi connectivity index (χ3v) is 5.72. The summed E-state index contributed by atoms with van der Waals surface area (Å²) in [7, 11) is -1.72. The number of aromatic nitrogens is 4. The summed E-state index contributed by atoms with van der Waals surface area (Å²) in [5, 5.41) is 8.10. The molecule has 1 aliphatic rings. The molecule has 0 radical (unpaired) electrons. The van der Waals surface area contributed by atoms with E-state index in [2.05, 4.69) is 15.2 Å². The van der Waals surface area contributed by atoms with Crippen LogP contribution >= 0.6 is 0 Å². The third kappa shape index (κ3) is 3.93. The van der Waals surface area contributed by atoms with E-state index in [4.69, 9.17) is 4.52 Å². The van der Waals surface area contributed by atoms with Gasteiger partial charge in [0.25, 0.3) is 5.91 Å². The second kappa shape index (κ2) is 7.16. The number of rotatable bonds is 7. The summed E-state index contributed by atoms with van der Waals surface area (Å²) in [6, 6.07) is 1.71. The molecule has 142 valence electrons. The first-order valence-electron chi connectivity index (χ1n) is 8.34. The molecule has 2 aromatic rings. The van der Waals surface area contributed by atoms with Gasteiger partial charge in [0.2, 0.25) is 15.9 Å². The lowest BCUT2D eigenvalue weighted by atomic mass is 10.00. The molecule has 0 atom stereocenters. The minimum absolute atomic E-state index is 0.00102. The molecule has 0 aromatic carbocycles. The van der Waals surface area contributed by atoms with Crippen LogP contribution in [0.1, 0.15) is 35.0 Å². The summed E-state index contributed by atoms with van der Waals surface area (Å²) in [4.78, 5) is 18.3. The minimum atomic E-state index is -3.22. The average molecular weight is 382 g/mol. The van der Waals surface area contributed by atoms with Crippen molar-refractivity contribution in [2.75, 3.05) is 32.9 Å². The monoisotopic (exact) mass is 382 g/mol. The molecule has 10 nitrogen and oxygen atoms in total. The van der Waals surface area contributed by atoms with Crippen molar-refractivity contribution in [1.29, 1.82) is 0 Å². The van der Waals surface area contributed by atoms with E-state index in [1.165, 1.54) is 11.4 Å². The summed E-state index contributed by atoms with van der Waals surface area (Å²) in [5.74, 6) is 0.830. The van der Waals surface area contributed by atoms with E-state index in [9.17, 15) is 13.2 Å². The molecule has 0 spiro atoms. The number of sulfonamides is 1. The van der Waals surface area contributed by atoms with Gasteiger partial charge in [-0.1, -0.05) is 5.16 Å². The van der Waals surface area contributed by atoms with Gasteiger partial charge in [0, 0.05) is 45.8 Å². The molecular weight excluding hydrogens is 360 g/mol. The molecule has 1 fully saturated rings. The van der Waals surface area contributed by atoms with Crippen LogP contribution in [-0.4, -0.2) is 76.4 Å². The highest BCUT2D eigenvalue weighted by atomic mass is 32.2. The highest BCUT2D eigenvalue weighted by Crippen LogP contribution is 2.27. The van der Waals surface area contributed by atoms with Crippen LogP contribution in [0.2, 0.25) is 0 Å². The van der Waals surface area contributed by atoms with Crippen molar-refractivity contribution in [3.05, 3.63) is 29.7 Å². The lowest BCUT2D eigenvalue weighted by molar-refractivity contribution is 0.0562. The Kier molecular flexibility index (Phi) is 5.10. The van der Waals surface area contributed by atoms with Crippen molar-refractivity contribution >= 4 is 15.9 Å². The van der Waals surface area contributed by atoms with Gasteiger partial charge in [0.15, 0.2) is 5.82 Å². The second-order valence-corrected chi connectivity index (χ2v) is 8.44. The molecule has 0 N–H and O–H groups in total. The van der Waals surface area contributed by atoms with Gasteiger partial charge in [-0.25, -0.2) is 12.7 Å². The summed E-state index contributed by atoms with van der Waals surface area (Å²) >= 11 is 0. The fourth-order valence-corrected chi connectivity index (χ4v) is 3.00. The maximum Gasteiger partial charge on any atom is 0.274 e. The quantitative estimate of drug-likeness (QED) is 0.660. The zero-order valence-electron chi connectivity index (χ0n) is 15.0. The van der Waals surface area contributed by atoms with Crippen LogP contribution in [0.5, 0.6) is 0 Å². The largest absolute Gasteiger partial charge is 0.339 e. The molecule has 1 saturated heterocycles. The Morgan fingerprint density at radius 2 is 2.15 bits per heavy atom. The van der Waals surface area contributed by atoms with E-state index in [0.717, 1.165) is 12.8 Å². The van der Waals surface area contributed by atoms with Crippen molar-refractivity contribution in [2.24, 2.45) is 0 Å². The predicted molar refractivity (Wildman–Crippen MR) is 92.0 cm³/mol. The number of nitrogens with zero attached hydrogens (tertiary/aromatic N) is 6. The highest BCUT2D eigenvalue weighted by molar-refractivity contribution is 7.88. The number of hydrogen-bond acceptors (Lipinski definition) is 7. The summed E-state index contributed by atoms with van der Waals surface area (Å²) in [5.41, 5.74) is 0.431. The van der Waals surface area contributed by atoms with Gasteiger partial charge in [-0.15, -0.1) is 0 Å².